The largest absolute Gasteiger partial charge is 0.497 e. The Hall–Kier alpha value is -1.96. The molecule has 5 nitrogen and oxygen atoms in total. The first-order valence-electron chi connectivity index (χ1n) is 8.11. The number of hydrogen-bond donors (Lipinski definition) is 3. The smallest absolute Gasteiger partial charge is 0.193 e. The number of nitrogens with two attached hydrogens (primary N) is 1. The Morgan fingerprint density at radius 3 is 2.24 bits per heavy atom. The van der Waals surface area contributed by atoms with Crippen LogP contribution < -0.4 is 21.1 Å². The first-order chi connectivity index (χ1) is 11.6. The molecule has 0 aliphatic carbocycles. The minimum atomic E-state index is 0. The molecule has 2 aromatic rings. The summed E-state index contributed by atoms with van der Waals surface area (Å²) in [6, 6.07) is 17.9. The average molecular weight is 454 g/mol. The summed E-state index contributed by atoms with van der Waals surface area (Å²) in [6.45, 7) is 4.94. The fourth-order valence-corrected chi connectivity index (χ4v) is 2.23. The molecule has 0 saturated carbocycles. The van der Waals surface area contributed by atoms with Gasteiger partial charge < -0.3 is 21.1 Å². The van der Waals surface area contributed by atoms with Gasteiger partial charge in [-0.1, -0.05) is 32.0 Å². The molecule has 0 heterocycles. The highest BCUT2D eigenvalue weighted by molar-refractivity contribution is 14.0. The summed E-state index contributed by atoms with van der Waals surface area (Å²) in [6.07, 6.45) is 0. The van der Waals surface area contributed by atoms with Crippen LogP contribution in [0.15, 0.2) is 59.6 Å². The number of guanidine groups is 1. The summed E-state index contributed by atoms with van der Waals surface area (Å²) < 4.78 is 5.14. The quantitative estimate of drug-likeness (QED) is 0.334. The number of hydrogen-bond acceptors (Lipinski definition) is 3. The van der Waals surface area contributed by atoms with Crippen LogP contribution in [0.1, 0.15) is 13.8 Å². The van der Waals surface area contributed by atoms with E-state index in [9.17, 15) is 0 Å². The standard InChI is InChI=1S/C19H26N4O.HI/c1-14(2)18(22-15-7-5-4-6-8-15)13-21-19(20)23-16-9-11-17(24-3)12-10-16;/h4-12,14,18,22H,13H2,1-3H3,(H3,20,21,23);1H. The van der Waals surface area contributed by atoms with E-state index in [0.29, 0.717) is 18.4 Å². The van der Waals surface area contributed by atoms with Gasteiger partial charge in [-0.25, -0.2) is 0 Å². The van der Waals surface area contributed by atoms with Gasteiger partial charge in [0.15, 0.2) is 5.96 Å². The lowest BCUT2D eigenvalue weighted by atomic mass is 10.0. The maximum absolute atomic E-state index is 6.00. The monoisotopic (exact) mass is 454 g/mol. The summed E-state index contributed by atoms with van der Waals surface area (Å²) in [7, 11) is 1.64. The molecule has 0 amide bonds. The number of methoxy groups -OCH3 is 1. The zero-order valence-electron chi connectivity index (χ0n) is 14.9. The zero-order chi connectivity index (χ0) is 17.4. The van der Waals surface area contributed by atoms with E-state index in [2.05, 4.69) is 41.6 Å². The second-order valence-electron chi connectivity index (χ2n) is 5.94. The number of halogens is 1. The van der Waals surface area contributed by atoms with Gasteiger partial charge >= 0.3 is 0 Å². The van der Waals surface area contributed by atoms with Gasteiger partial charge in [0.2, 0.25) is 0 Å². The number of rotatable bonds is 7. The third kappa shape index (κ3) is 7.21. The molecule has 0 saturated heterocycles. The molecule has 6 heteroatoms. The van der Waals surface area contributed by atoms with Crippen molar-refractivity contribution in [3.05, 3.63) is 54.6 Å². The first kappa shape index (κ1) is 21.1. The molecular formula is C19H27IN4O. The lowest BCUT2D eigenvalue weighted by Crippen LogP contribution is -2.31. The van der Waals surface area contributed by atoms with E-state index in [4.69, 9.17) is 10.5 Å². The number of ether oxygens (including phenoxy) is 1. The number of aliphatic imine (C=N–C) groups is 1. The van der Waals surface area contributed by atoms with Crippen molar-refractivity contribution in [2.45, 2.75) is 19.9 Å². The van der Waals surface area contributed by atoms with E-state index in [-0.39, 0.29) is 30.0 Å². The molecule has 0 aliphatic rings. The fourth-order valence-electron chi connectivity index (χ4n) is 2.23. The highest BCUT2D eigenvalue weighted by Gasteiger charge is 2.12. The van der Waals surface area contributed by atoms with Gasteiger partial charge in [-0.15, -0.1) is 24.0 Å². The van der Waals surface area contributed by atoms with Crippen molar-refractivity contribution in [1.82, 2.24) is 0 Å². The van der Waals surface area contributed by atoms with Crippen molar-refractivity contribution in [3.63, 3.8) is 0 Å². The maximum Gasteiger partial charge on any atom is 0.193 e. The lowest BCUT2D eigenvalue weighted by Gasteiger charge is -2.22. The summed E-state index contributed by atoms with van der Waals surface area (Å²) in [5.74, 6) is 1.64. The van der Waals surface area contributed by atoms with Crippen molar-refractivity contribution in [2.24, 2.45) is 16.6 Å². The molecule has 1 atom stereocenters. The Kier molecular flexibility index (Phi) is 9.12. The first-order valence-corrected chi connectivity index (χ1v) is 8.11. The molecule has 25 heavy (non-hydrogen) atoms. The topological polar surface area (TPSA) is 71.7 Å². The fraction of sp³-hybridized carbons (Fsp3) is 0.316. The van der Waals surface area contributed by atoms with E-state index in [1.165, 1.54) is 0 Å². The molecule has 2 rings (SSSR count). The van der Waals surface area contributed by atoms with Crippen LogP contribution in [-0.2, 0) is 0 Å². The van der Waals surface area contributed by atoms with Crippen LogP contribution in [0.3, 0.4) is 0 Å². The van der Waals surface area contributed by atoms with Crippen LogP contribution in [0.4, 0.5) is 11.4 Å². The van der Waals surface area contributed by atoms with Gasteiger partial charge in [0.1, 0.15) is 5.75 Å². The maximum atomic E-state index is 6.00. The summed E-state index contributed by atoms with van der Waals surface area (Å²) >= 11 is 0. The van der Waals surface area contributed by atoms with Crippen molar-refractivity contribution < 1.29 is 4.74 Å². The van der Waals surface area contributed by atoms with Crippen LogP contribution in [0.2, 0.25) is 0 Å². The van der Waals surface area contributed by atoms with E-state index in [0.717, 1.165) is 17.1 Å². The molecule has 0 fully saturated rings. The normalized spacial score (nSPS) is 12.2. The van der Waals surface area contributed by atoms with Gasteiger partial charge in [0.25, 0.3) is 0 Å². The van der Waals surface area contributed by atoms with Gasteiger partial charge in [-0.05, 0) is 42.3 Å². The SMILES string of the molecule is COc1ccc(NC(N)=NCC(Nc2ccccc2)C(C)C)cc1.I. The molecular weight excluding hydrogens is 427 g/mol. The second kappa shape index (κ2) is 10.8. The molecule has 2 aromatic carbocycles. The van der Waals surface area contributed by atoms with E-state index in [1.807, 2.05) is 42.5 Å². The Morgan fingerprint density at radius 1 is 1.04 bits per heavy atom. The van der Waals surface area contributed by atoms with Crippen LogP contribution in [0, 0.1) is 5.92 Å². The van der Waals surface area contributed by atoms with Gasteiger partial charge in [-0.3, -0.25) is 4.99 Å². The minimum absolute atomic E-state index is 0. The van der Waals surface area contributed by atoms with Crippen molar-refractivity contribution >= 4 is 41.3 Å². The zero-order valence-corrected chi connectivity index (χ0v) is 17.2. The van der Waals surface area contributed by atoms with Crippen LogP contribution in [-0.4, -0.2) is 25.7 Å². The number of benzene rings is 2. The van der Waals surface area contributed by atoms with Gasteiger partial charge in [0.05, 0.1) is 13.7 Å². The highest BCUT2D eigenvalue weighted by Crippen LogP contribution is 2.15. The van der Waals surface area contributed by atoms with Gasteiger partial charge in [-0.2, -0.15) is 0 Å². The highest BCUT2D eigenvalue weighted by atomic mass is 127. The Balaban J connectivity index is 0.00000312. The number of anilines is 2. The van der Waals surface area contributed by atoms with E-state index in [1.54, 1.807) is 7.11 Å². The second-order valence-corrected chi connectivity index (χ2v) is 5.94. The summed E-state index contributed by atoms with van der Waals surface area (Å²) in [5.41, 5.74) is 7.97. The molecule has 0 spiro atoms. The minimum Gasteiger partial charge on any atom is -0.497 e. The Morgan fingerprint density at radius 2 is 1.68 bits per heavy atom. The van der Waals surface area contributed by atoms with Crippen LogP contribution in [0.25, 0.3) is 0 Å². The van der Waals surface area contributed by atoms with Gasteiger partial charge in [0, 0.05) is 17.4 Å². The molecule has 0 aliphatic heterocycles. The molecule has 136 valence electrons. The molecule has 0 radical (unpaired) electrons. The summed E-state index contributed by atoms with van der Waals surface area (Å²) in [4.78, 5) is 4.47. The predicted octanol–water partition coefficient (Wildman–Crippen LogP) is 4.18. The number of nitrogens with one attached hydrogen (secondary N) is 2. The van der Waals surface area contributed by atoms with Crippen molar-refractivity contribution in [2.75, 3.05) is 24.3 Å². The number of nitrogens with zero attached hydrogens (tertiary/aromatic N) is 1. The number of para-hydroxylation sites is 1. The summed E-state index contributed by atoms with van der Waals surface area (Å²) in [5, 5.41) is 6.60. The van der Waals surface area contributed by atoms with Crippen molar-refractivity contribution in [3.8, 4) is 5.75 Å². The Labute approximate surface area is 167 Å². The molecule has 4 N–H and O–H groups in total. The van der Waals surface area contributed by atoms with E-state index < -0.39 is 0 Å². The van der Waals surface area contributed by atoms with E-state index >= 15 is 0 Å². The van der Waals surface area contributed by atoms with Crippen LogP contribution in [0.5, 0.6) is 5.75 Å². The molecule has 0 bridgehead atoms. The predicted molar refractivity (Wildman–Crippen MR) is 117 cm³/mol. The van der Waals surface area contributed by atoms with Crippen LogP contribution >= 0.6 is 24.0 Å². The third-order valence-electron chi connectivity index (χ3n) is 3.75. The molecule has 0 aromatic heterocycles. The average Bonchev–Trinajstić information content (AvgIpc) is 2.60. The Bertz CT molecular complexity index is 644. The lowest BCUT2D eigenvalue weighted by molar-refractivity contribution is 0.415. The molecule has 1 unspecified atom stereocenters. The third-order valence-corrected chi connectivity index (χ3v) is 3.75. The van der Waals surface area contributed by atoms with Crippen molar-refractivity contribution in [1.29, 1.82) is 0 Å².